The smallest absolute Gasteiger partial charge is 0.0741 e. The molecule has 2 N–H and O–H groups in total. The summed E-state index contributed by atoms with van der Waals surface area (Å²) in [5.74, 6) is 0. The topological polar surface area (TPSA) is 41.5 Å². The molecule has 0 aliphatic carbocycles. The van der Waals surface area contributed by atoms with Gasteiger partial charge in [0.25, 0.3) is 0 Å². The maximum atomic E-state index is 9.71. The molecule has 0 spiro atoms. The van der Waals surface area contributed by atoms with Crippen molar-refractivity contribution < 1.29 is 9.84 Å². The van der Waals surface area contributed by atoms with E-state index in [0.717, 1.165) is 19.6 Å². The fourth-order valence-electron chi connectivity index (χ4n) is 1.53. The van der Waals surface area contributed by atoms with E-state index in [1.165, 1.54) is 12.8 Å². The normalized spacial score (nSPS) is 26.1. The van der Waals surface area contributed by atoms with E-state index in [9.17, 15) is 5.11 Å². The Morgan fingerprint density at radius 3 is 2.71 bits per heavy atom. The molecule has 1 aliphatic heterocycles. The summed E-state index contributed by atoms with van der Waals surface area (Å²) >= 11 is 0. The molecule has 0 amide bonds. The van der Waals surface area contributed by atoms with Crippen LogP contribution in [0.2, 0.25) is 0 Å². The van der Waals surface area contributed by atoms with Crippen molar-refractivity contribution in [3.63, 3.8) is 0 Å². The van der Waals surface area contributed by atoms with E-state index in [1.54, 1.807) is 0 Å². The molecule has 2 unspecified atom stereocenters. The molecular weight excluding hydrogens is 178 g/mol. The largest absolute Gasteiger partial charge is 0.389 e. The van der Waals surface area contributed by atoms with Crippen LogP contribution in [0.15, 0.2) is 0 Å². The van der Waals surface area contributed by atoms with Crippen LogP contribution >= 0.6 is 0 Å². The highest BCUT2D eigenvalue weighted by atomic mass is 16.5. The second kappa shape index (κ2) is 5.10. The Morgan fingerprint density at radius 1 is 1.50 bits per heavy atom. The lowest BCUT2D eigenvalue weighted by atomic mass is 10.0. The molecule has 1 saturated heterocycles. The summed E-state index contributed by atoms with van der Waals surface area (Å²) < 4.78 is 5.60. The highest BCUT2D eigenvalue weighted by Crippen LogP contribution is 2.13. The zero-order valence-corrected chi connectivity index (χ0v) is 9.55. The van der Waals surface area contributed by atoms with Crippen molar-refractivity contribution >= 4 is 0 Å². The first-order valence-corrected chi connectivity index (χ1v) is 5.57. The van der Waals surface area contributed by atoms with Gasteiger partial charge in [0.05, 0.1) is 11.7 Å². The van der Waals surface area contributed by atoms with Crippen molar-refractivity contribution in [3.05, 3.63) is 0 Å². The molecule has 0 aromatic heterocycles. The van der Waals surface area contributed by atoms with Crippen LogP contribution in [0.4, 0.5) is 0 Å². The fourth-order valence-corrected chi connectivity index (χ4v) is 1.53. The number of hydrogen-bond donors (Lipinski definition) is 2. The number of nitrogens with one attached hydrogen (secondary N) is 1. The van der Waals surface area contributed by atoms with Crippen LogP contribution in [0.25, 0.3) is 0 Å². The van der Waals surface area contributed by atoms with Crippen molar-refractivity contribution in [1.29, 1.82) is 0 Å². The number of aliphatic hydroxyl groups is 1. The molecule has 0 radical (unpaired) electrons. The van der Waals surface area contributed by atoms with E-state index in [-0.39, 0.29) is 6.04 Å². The van der Waals surface area contributed by atoms with Crippen molar-refractivity contribution in [1.82, 2.24) is 5.32 Å². The minimum Gasteiger partial charge on any atom is -0.389 e. The summed E-state index contributed by atoms with van der Waals surface area (Å²) in [5, 5.41) is 13.0. The molecule has 0 aromatic rings. The molecular formula is C11H23NO2. The summed E-state index contributed by atoms with van der Waals surface area (Å²) in [6, 6.07) is 0.105. The van der Waals surface area contributed by atoms with Crippen LogP contribution in [0.5, 0.6) is 0 Å². The van der Waals surface area contributed by atoms with Gasteiger partial charge in [-0.3, -0.25) is 0 Å². The molecule has 1 aliphatic rings. The van der Waals surface area contributed by atoms with Crippen molar-refractivity contribution in [3.8, 4) is 0 Å². The van der Waals surface area contributed by atoms with Crippen LogP contribution in [-0.2, 0) is 4.74 Å². The third-order valence-electron chi connectivity index (χ3n) is 2.99. The zero-order valence-electron chi connectivity index (χ0n) is 9.55. The van der Waals surface area contributed by atoms with Gasteiger partial charge in [0, 0.05) is 19.2 Å². The summed E-state index contributed by atoms with van der Waals surface area (Å²) in [5.41, 5.74) is -0.658. The molecule has 1 rings (SSSR count). The summed E-state index contributed by atoms with van der Waals surface area (Å²) in [7, 11) is 0. The van der Waals surface area contributed by atoms with Crippen molar-refractivity contribution in [2.45, 2.75) is 57.8 Å². The number of rotatable bonds is 4. The number of hydrogen-bond acceptors (Lipinski definition) is 3. The third kappa shape index (κ3) is 3.95. The average Bonchev–Trinajstić information content (AvgIpc) is 2.14. The average molecular weight is 201 g/mol. The molecule has 14 heavy (non-hydrogen) atoms. The first-order chi connectivity index (χ1) is 6.50. The Balaban J connectivity index is 2.19. The molecule has 0 aromatic carbocycles. The highest BCUT2D eigenvalue weighted by molar-refractivity contribution is 4.81. The van der Waals surface area contributed by atoms with Gasteiger partial charge in [0.2, 0.25) is 0 Å². The molecule has 0 bridgehead atoms. The Morgan fingerprint density at radius 2 is 2.21 bits per heavy atom. The van der Waals surface area contributed by atoms with Crippen LogP contribution in [0.1, 0.15) is 40.0 Å². The van der Waals surface area contributed by atoms with Gasteiger partial charge in [-0.15, -0.1) is 0 Å². The minimum atomic E-state index is -0.658. The van der Waals surface area contributed by atoms with Crippen LogP contribution in [0.3, 0.4) is 0 Å². The molecule has 2 atom stereocenters. The first-order valence-electron chi connectivity index (χ1n) is 5.57. The molecule has 1 heterocycles. The van der Waals surface area contributed by atoms with E-state index in [0.29, 0.717) is 6.10 Å². The lowest BCUT2D eigenvalue weighted by Crippen LogP contribution is -2.47. The SMILES string of the molecule is CC(NCC1CCCCO1)C(C)(C)O. The van der Waals surface area contributed by atoms with Gasteiger partial charge in [0.15, 0.2) is 0 Å². The quantitative estimate of drug-likeness (QED) is 0.720. The van der Waals surface area contributed by atoms with E-state index in [1.807, 2.05) is 20.8 Å². The Kier molecular flexibility index (Phi) is 4.35. The summed E-state index contributed by atoms with van der Waals surface area (Å²) in [4.78, 5) is 0. The monoisotopic (exact) mass is 201 g/mol. The van der Waals surface area contributed by atoms with Crippen LogP contribution in [0, 0.1) is 0 Å². The molecule has 0 saturated carbocycles. The molecule has 1 fully saturated rings. The van der Waals surface area contributed by atoms with Gasteiger partial charge in [-0.1, -0.05) is 0 Å². The van der Waals surface area contributed by atoms with Gasteiger partial charge in [-0.25, -0.2) is 0 Å². The van der Waals surface area contributed by atoms with Gasteiger partial charge < -0.3 is 15.2 Å². The number of ether oxygens (including phenoxy) is 1. The summed E-state index contributed by atoms with van der Waals surface area (Å²) in [6.07, 6.45) is 3.94. The van der Waals surface area contributed by atoms with Gasteiger partial charge in [-0.05, 0) is 40.0 Å². The predicted octanol–water partition coefficient (Wildman–Crippen LogP) is 1.30. The predicted molar refractivity (Wildman–Crippen MR) is 57.4 cm³/mol. The van der Waals surface area contributed by atoms with Gasteiger partial charge >= 0.3 is 0 Å². The van der Waals surface area contributed by atoms with Crippen LogP contribution < -0.4 is 5.32 Å². The minimum absolute atomic E-state index is 0.105. The second-order valence-corrected chi connectivity index (χ2v) is 4.77. The molecule has 3 heteroatoms. The lowest BCUT2D eigenvalue weighted by Gasteiger charge is -2.30. The van der Waals surface area contributed by atoms with Gasteiger partial charge in [0.1, 0.15) is 0 Å². The molecule has 84 valence electrons. The lowest BCUT2D eigenvalue weighted by molar-refractivity contribution is 0.00196. The van der Waals surface area contributed by atoms with E-state index >= 15 is 0 Å². The zero-order chi connectivity index (χ0) is 10.6. The van der Waals surface area contributed by atoms with E-state index in [2.05, 4.69) is 5.32 Å². The van der Waals surface area contributed by atoms with Crippen molar-refractivity contribution in [2.24, 2.45) is 0 Å². The standard InChI is InChI=1S/C11H23NO2/c1-9(11(2,3)13)12-8-10-6-4-5-7-14-10/h9-10,12-13H,4-8H2,1-3H3. The Labute approximate surface area is 86.8 Å². The second-order valence-electron chi connectivity index (χ2n) is 4.77. The van der Waals surface area contributed by atoms with Crippen molar-refractivity contribution in [2.75, 3.05) is 13.2 Å². The third-order valence-corrected chi connectivity index (χ3v) is 2.99. The first kappa shape index (κ1) is 12.0. The molecule has 3 nitrogen and oxygen atoms in total. The summed E-state index contributed by atoms with van der Waals surface area (Å²) in [6.45, 7) is 7.40. The highest BCUT2D eigenvalue weighted by Gasteiger charge is 2.23. The maximum Gasteiger partial charge on any atom is 0.0741 e. The van der Waals surface area contributed by atoms with E-state index < -0.39 is 5.60 Å². The maximum absolute atomic E-state index is 9.71. The fraction of sp³-hybridized carbons (Fsp3) is 1.00. The van der Waals surface area contributed by atoms with Gasteiger partial charge in [-0.2, -0.15) is 0 Å². The Bertz CT molecular complexity index is 159. The van der Waals surface area contributed by atoms with Crippen LogP contribution in [-0.4, -0.2) is 36.0 Å². The van der Waals surface area contributed by atoms with E-state index in [4.69, 9.17) is 4.74 Å². The Hall–Kier alpha value is -0.120.